The maximum atomic E-state index is 14.3. The van der Waals surface area contributed by atoms with Crippen LogP contribution in [0.5, 0.6) is 0 Å². The van der Waals surface area contributed by atoms with Crippen molar-refractivity contribution in [3.8, 4) is 11.1 Å². The van der Waals surface area contributed by atoms with Crippen molar-refractivity contribution < 1.29 is 33.0 Å². The molecule has 0 bridgehead atoms. The Bertz CT molecular complexity index is 1120. The number of fused-ring (bicyclic) bond motifs is 3. The maximum Gasteiger partial charge on any atom is 0.407 e. The first-order chi connectivity index (χ1) is 16.8. The molecule has 9 heteroatoms. The highest BCUT2D eigenvalue weighted by atomic mass is 19.3. The molecule has 2 saturated carbocycles. The van der Waals surface area contributed by atoms with Crippen LogP contribution in [0.4, 0.5) is 13.6 Å². The third-order valence-electron chi connectivity index (χ3n) is 7.42. The molecule has 2 aromatic carbocycles. The molecular weight excluding hydrogens is 458 g/mol. The van der Waals surface area contributed by atoms with E-state index in [0.29, 0.717) is 12.8 Å². The van der Waals surface area contributed by atoms with Gasteiger partial charge in [-0.2, -0.15) is 0 Å². The summed E-state index contributed by atoms with van der Waals surface area (Å²) < 4.78 is 33.9. The Hall–Kier alpha value is -3.49. The molecule has 7 nitrogen and oxygen atoms in total. The lowest BCUT2D eigenvalue weighted by molar-refractivity contribution is -0.141. The second kappa shape index (κ2) is 8.94. The summed E-state index contributed by atoms with van der Waals surface area (Å²) in [5.41, 5.74) is 4.26. The fourth-order valence-electron chi connectivity index (χ4n) is 5.47. The van der Waals surface area contributed by atoms with E-state index in [0.717, 1.165) is 22.3 Å². The van der Waals surface area contributed by atoms with Gasteiger partial charge in [0.15, 0.2) is 0 Å². The number of benzene rings is 2. The number of alkyl carbamates (subject to hydrolysis) is 1. The normalized spacial score (nSPS) is 25.9. The van der Waals surface area contributed by atoms with Gasteiger partial charge < -0.3 is 20.5 Å². The van der Waals surface area contributed by atoms with E-state index in [2.05, 4.69) is 10.6 Å². The van der Waals surface area contributed by atoms with E-state index >= 15 is 0 Å². The molecule has 2 amide bonds. The summed E-state index contributed by atoms with van der Waals surface area (Å²) in [6.07, 6.45) is 0.286. The molecule has 3 aliphatic rings. The third kappa shape index (κ3) is 4.35. The molecule has 0 spiro atoms. The number of hydrogen-bond donors (Lipinski definition) is 3. The van der Waals surface area contributed by atoms with Crippen LogP contribution in [0.25, 0.3) is 11.1 Å². The predicted molar refractivity (Wildman–Crippen MR) is 122 cm³/mol. The number of aliphatic carboxylic acids is 1. The number of halogens is 2. The van der Waals surface area contributed by atoms with Gasteiger partial charge in [0, 0.05) is 18.5 Å². The summed E-state index contributed by atoms with van der Waals surface area (Å²) in [6, 6.07) is 15.3. The summed E-state index contributed by atoms with van der Waals surface area (Å²) in [7, 11) is 0. The Morgan fingerprint density at radius 3 is 2.23 bits per heavy atom. The zero-order chi connectivity index (χ0) is 24.7. The number of carboxylic acid groups (broad SMARTS) is 1. The summed E-state index contributed by atoms with van der Waals surface area (Å²) in [5.74, 6) is -8.54. The van der Waals surface area contributed by atoms with Crippen LogP contribution < -0.4 is 10.6 Å². The fourth-order valence-corrected chi connectivity index (χ4v) is 5.47. The van der Waals surface area contributed by atoms with Crippen molar-refractivity contribution in [3.05, 3.63) is 59.7 Å². The Morgan fingerprint density at radius 2 is 1.63 bits per heavy atom. The van der Waals surface area contributed by atoms with Crippen LogP contribution in [0.1, 0.15) is 36.3 Å². The first-order valence-electron chi connectivity index (χ1n) is 11.8. The van der Waals surface area contributed by atoms with Crippen LogP contribution in [-0.4, -0.2) is 48.2 Å². The van der Waals surface area contributed by atoms with E-state index in [1.54, 1.807) is 0 Å². The van der Waals surface area contributed by atoms with Crippen LogP contribution >= 0.6 is 0 Å². The van der Waals surface area contributed by atoms with Gasteiger partial charge in [0.25, 0.3) is 5.92 Å². The average molecular weight is 484 g/mol. The Labute approximate surface area is 200 Å². The van der Waals surface area contributed by atoms with E-state index in [1.807, 2.05) is 48.5 Å². The minimum atomic E-state index is -3.23. The summed E-state index contributed by atoms with van der Waals surface area (Å²) in [4.78, 5) is 35.7. The van der Waals surface area contributed by atoms with Crippen molar-refractivity contribution in [3.63, 3.8) is 0 Å². The smallest absolute Gasteiger partial charge is 0.407 e. The molecule has 0 radical (unpaired) electrons. The molecule has 2 aromatic rings. The quantitative estimate of drug-likeness (QED) is 0.555. The lowest BCUT2D eigenvalue weighted by atomic mass is 9.98. The van der Waals surface area contributed by atoms with Gasteiger partial charge in [0.2, 0.25) is 5.91 Å². The number of carbonyl (C=O) groups excluding carboxylic acids is 2. The van der Waals surface area contributed by atoms with E-state index in [-0.39, 0.29) is 25.5 Å². The van der Waals surface area contributed by atoms with Gasteiger partial charge in [-0.1, -0.05) is 48.5 Å². The van der Waals surface area contributed by atoms with Crippen LogP contribution in [0.3, 0.4) is 0 Å². The topological polar surface area (TPSA) is 105 Å². The second-order valence-corrected chi connectivity index (χ2v) is 9.52. The van der Waals surface area contributed by atoms with Crippen molar-refractivity contribution in [1.82, 2.24) is 10.6 Å². The van der Waals surface area contributed by atoms with Crippen LogP contribution in [0, 0.1) is 17.8 Å². The van der Waals surface area contributed by atoms with Gasteiger partial charge in [-0.25, -0.2) is 13.6 Å². The maximum absolute atomic E-state index is 14.3. The lowest BCUT2D eigenvalue weighted by Crippen LogP contribution is -2.36. The molecule has 4 atom stereocenters. The number of hydrogen-bond acceptors (Lipinski definition) is 4. The SMILES string of the molecule is O=C(NC[C@H]1[C@@H](C(=O)N[C@H]2CC[C@@H](C(=O)O)C2)C1(F)F)OCC1c2ccccc2-c2ccccc21. The first-order valence-corrected chi connectivity index (χ1v) is 11.8. The summed E-state index contributed by atoms with van der Waals surface area (Å²) in [5, 5.41) is 14.0. The molecule has 2 fully saturated rings. The van der Waals surface area contributed by atoms with Crippen molar-refractivity contribution in [2.24, 2.45) is 17.8 Å². The predicted octanol–water partition coefficient (Wildman–Crippen LogP) is 3.78. The van der Waals surface area contributed by atoms with Crippen LogP contribution in [0.2, 0.25) is 0 Å². The van der Waals surface area contributed by atoms with Gasteiger partial charge in [0.05, 0.1) is 11.8 Å². The Kier molecular flexibility index (Phi) is 5.94. The molecule has 3 N–H and O–H groups in total. The van der Waals surface area contributed by atoms with Gasteiger partial charge in [-0.05, 0) is 41.5 Å². The Balaban J connectivity index is 1.12. The van der Waals surface area contributed by atoms with E-state index in [1.165, 1.54) is 0 Å². The van der Waals surface area contributed by atoms with Crippen molar-refractivity contribution in [2.45, 2.75) is 37.1 Å². The molecule has 0 unspecified atom stereocenters. The van der Waals surface area contributed by atoms with E-state index < -0.39 is 47.7 Å². The van der Waals surface area contributed by atoms with E-state index in [9.17, 15) is 23.2 Å². The number of nitrogens with one attached hydrogen (secondary N) is 2. The van der Waals surface area contributed by atoms with Crippen LogP contribution in [-0.2, 0) is 14.3 Å². The first kappa shape index (κ1) is 23.3. The molecule has 35 heavy (non-hydrogen) atoms. The number of ether oxygens (including phenoxy) is 1. The lowest BCUT2D eigenvalue weighted by Gasteiger charge is -2.14. The molecule has 0 saturated heterocycles. The average Bonchev–Trinajstić information content (AvgIpc) is 3.14. The number of amides is 2. The molecular formula is C26H26F2N2O5. The number of alkyl halides is 2. The largest absolute Gasteiger partial charge is 0.481 e. The van der Waals surface area contributed by atoms with Gasteiger partial charge in [-0.15, -0.1) is 0 Å². The fraction of sp³-hybridized carbons (Fsp3) is 0.423. The number of rotatable bonds is 7. The minimum Gasteiger partial charge on any atom is -0.481 e. The van der Waals surface area contributed by atoms with Crippen molar-refractivity contribution in [2.75, 3.05) is 13.2 Å². The number of carboxylic acids is 1. The van der Waals surface area contributed by atoms with Gasteiger partial charge in [-0.3, -0.25) is 9.59 Å². The molecule has 3 aliphatic carbocycles. The van der Waals surface area contributed by atoms with Crippen LogP contribution in [0.15, 0.2) is 48.5 Å². The highest BCUT2D eigenvalue weighted by molar-refractivity contribution is 5.84. The summed E-state index contributed by atoms with van der Waals surface area (Å²) in [6.45, 7) is -0.318. The summed E-state index contributed by atoms with van der Waals surface area (Å²) >= 11 is 0. The monoisotopic (exact) mass is 484 g/mol. The van der Waals surface area contributed by atoms with E-state index in [4.69, 9.17) is 9.84 Å². The molecule has 184 valence electrons. The minimum absolute atomic E-state index is 0.0667. The third-order valence-corrected chi connectivity index (χ3v) is 7.42. The standard InChI is InChI=1S/C26H26F2N2O5/c27-26(28)21(22(26)23(31)30-15-10-9-14(11-15)24(32)33)12-29-25(34)35-13-20-18-7-3-1-5-16(18)17-6-2-4-8-19(17)20/h1-8,14-15,20-22H,9-13H2,(H,29,34)(H,30,31)(H,32,33)/t14-,15+,21+,22+/m1/s1. The van der Waals surface area contributed by atoms with Gasteiger partial charge >= 0.3 is 12.1 Å². The highest BCUT2D eigenvalue weighted by Gasteiger charge is 2.71. The molecule has 0 aromatic heterocycles. The van der Waals surface area contributed by atoms with Crippen molar-refractivity contribution >= 4 is 18.0 Å². The molecule has 0 aliphatic heterocycles. The Morgan fingerprint density at radius 1 is 1.00 bits per heavy atom. The number of carbonyl (C=O) groups is 3. The second-order valence-electron chi connectivity index (χ2n) is 9.52. The van der Waals surface area contributed by atoms with Gasteiger partial charge in [0.1, 0.15) is 12.5 Å². The zero-order valence-corrected chi connectivity index (χ0v) is 18.9. The zero-order valence-electron chi connectivity index (χ0n) is 18.9. The van der Waals surface area contributed by atoms with Crippen molar-refractivity contribution in [1.29, 1.82) is 0 Å². The highest BCUT2D eigenvalue weighted by Crippen LogP contribution is 2.55. The molecule has 5 rings (SSSR count). The molecule has 0 heterocycles.